The van der Waals surface area contributed by atoms with Gasteiger partial charge in [-0.1, -0.05) is 90.3 Å². The van der Waals surface area contributed by atoms with Gasteiger partial charge >= 0.3 is 5.97 Å². The van der Waals surface area contributed by atoms with Crippen molar-refractivity contribution in [3.05, 3.63) is 65.2 Å². The molecule has 43 heavy (non-hydrogen) atoms. The first kappa shape index (κ1) is 36.2. The minimum atomic E-state index is -0.389. The fourth-order valence-electron chi connectivity index (χ4n) is 5.30. The monoisotopic (exact) mass is 595 g/mol. The van der Waals surface area contributed by atoms with Crippen LogP contribution < -0.4 is 19.9 Å². The molecule has 0 aromatic heterocycles. The second-order valence-electron chi connectivity index (χ2n) is 12.5. The van der Waals surface area contributed by atoms with E-state index in [0.29, 0.717) is 17.2 Å². The molecular weight excluding hydrogens is 538 g/mol. The molecule has 2 rings (SSSR count). The Balaban J connectivity index is 1.63. The van der Waals surface area contributed by atoms with E-state index in [1.165, 1.54) is 56.9 Å². The van der Waals surface area contributed by atoms with Crippen molar-refractivity contribution < 1.29 is 23.7 Å². The van der Waals surface area contributed by atoms with Crippen LogP contribution >= 0.6 is 0 Å². The third-order valence-corrected chi connectivity index (χ3v) is 8.19. The number of carbonyl (C=O) groups is 1. The van der Waals surface area contributed by atoms with Gasteiger partial charge in [0.2, 0.25) is 0 Å². The third kappa shape index (κ3) is 14.4. The number of hydrogen-bond acceptors (Lipinski definition) is 6. The number of ether oxygens (including phenoxy) is 4. The van der Waals surface area contributed by atoms with Crippen molar-refractivity contribution in [2.75, 3.05) is 27.4 Å². The van der Waals surface area contributed by atoms with Crippen molar-refractivity contribution in [3.8, 4) is 17.2 Å². The Bertz CT molecular complexity index is 1090. The predicted octanol–water partition coefficient (Wildman–Crippen LogP) is 9.06. The van der Waals surface area contributed by atoms with E-state index in [1.807, 2.05) is 36.4 Å². The van der Waals surface area contributed by atoms with E-state index in [4.69, 9.17) is 24.7 Å². The SMILES string of the molecule is COc1ccc(C(N)c2ccc(OCC(=O)OCC=C(C)CCCC(C)CCCC(C)CCCC(C)C)cc2)c(OC)c1. The molecule has 240 valence electrons. The Hall–Kier alpha value is -2.99. The van der Waals surface area contributed by atoms with Crippen LogP contribution in [0.4, 0.5) is 0 Å². The molecule has 0 aliphatic heterocycles. The van der Waals surface area contributed by atoms with Gasteiger partial charge in [0.25, 0.3) is 0 Å². The molecule has 0 fully saturated rings. The van der Waals surface area contributed by atoms with Gasteiger partial charge < -0.3 is 24.7 Å². The van der Waals surface area contributed by atoms with Crippen molar-refractivity contribution >= 4 is 5.97 Å². The van der Waals surface area contributed by atoms with Crippen LogP contribution in [0.1, 0.15) is 110 Å². The van der Waals surface area contributed by atoms with Crippen LogP contribution in [0.2, 0.25) is 0 Å². The molecule has 2 N–H and O–H groups in total. The van der Waals surface area contributed by atoms with Gasteiger partial charge in [0.15, 0.2) is 6.61 Å². The highest BCUT2D eigenvalue weighted by Crippen LogP contribution is 2.32. The zero-order valence-corrected chi connectivity index (χ0v) is 27.8. The second-order valence-corrected chi connectivity index (χ2v) is 12.5. The molecule has 3 unspecified atom stereocenters. The summed E-state index contributed by atoms with van der Waals surface area (Å²) in [5, 5.41) is 0. The molecule has 2 aromatic rings. The number of carbonyl (C=O) groups excluding carboxylic acids is 1. The third-order valence-electron chi connectivity index (χ3n) is 8.19. The van der Waals surface area contributed by atoms with Crippen molar-refractivity contribution in [1.82, 2.24) is 0 Å². The second kappa shape index (κ2) is 20.1. The van der Waals surface area contributed by atoms with Gasteiger partial charge in [0, 0.05) is 11.6 Å². The molecular formula is C37H57NO5. The van der Waals surface area contributed by atoms with Crippen LogP contribution in [-0.4, -0.2) is 33.4 Å². The molecule has 0 saturated heterocycles. The van der Waals surface area contributed by atoms with Gasteiger partial charge in [0.1, 0.15) is 23.9 Å². The lowest BCUT2D eigenvalue weighted by Gasteiger charge is -2.17. The molecule has 0 heterocycles. The molecule has 3 atom stereocenters. The van der Waals surface area contributed by atoms with E-state index in [1.54, 1.807) is 26.4 Å². The first-order chi connectivity index (χ1) is 20.6. The number of nitrogens with two attached hydrogens (primary N) is 1. The first-order valence-electron chi connectivity index (χ1n) is 16.1. The number of allylic oxidation sites excluding steroid dienone is 1. The Labute approximate surface area is 261 Å². The van der Waals surface area contributed by atoms with E-state index in [0.717, 1.165) is 35.3 Å². The lowest BCUT2D eigenvalue weighted by Crippen LogP contribution is -2.15. The summed E-state index contributed by atoms with van der Waals surface area (Å²) >= 11 is 0. The molecule has 0 aliphatic carbocycles. The molecule has 6 nitrogen and oxygen atoms in total. The van der Waals surface area contributed by atoms with Crippen LogP contribution in [0, 0.1) is 17.8 Å². The molecule has 0 aliphatic rings. The Morgan fingerprint density at radius 1 is 0.814 bits per heavy atom. The van der Waals surface area contributed by atoms with Gasteiger partial charge in [-0.2, -0.15) is 0 Å². The first-order valence-corrected chi connectivity index (χ1v) is 16.1. The zero-order chi connectivity index (χ0) is 31.6. The summed E-state index contributed by atoms with van der Waals surface area (Å²) in [6.45, 7) is 11.7. The number of methoxy groups -OCH3 is 2. The Morgan fingerprint density at radius 3 is 2.02 bits per heavy atom. The molecule has 2 aromatic carbocycles. The molecule has 0 spiro atoms. The number of benzene rings is 2. The van der Waals surface area contributed by atoms with Crippen LogP contribution in [0.5, 0.6) is 17.2 Å². The quantitative estimate of drug-likeness (QED) is 0.115. The van der Waals surface area contributed by atoms with Gasteiger partial charge in [-0.05, 0) is 73.4 Å². The molecule has 0 bridgehead atoms. The van der Waals surface area contributed by atoms with Crippen LogP contribution in [0.15, 0.2) is 54.1 Å². The summed E-state index contributed by atoms with van der Waals surface area (Å²) in [6.07, 6.45) is 13.6. The van der Waals surface area contributed by atoms with Gasteiger partial charge in [0.05, 0.1) is 20.3 Å². The normalized spacial score (nSPS) is 13.8. The van der Waals surface area contributed by atoms with E-state index in [2.05, 4.69) is 34.6 Å². The van der Waals surface area contributed by atoms with Crippen LogP contribution in [0.25, 0.3) is 0 Å². The van der Waals surface area contributed by atoms with E-state index in [-0.39, 0.29) is 25.2 Å². The highest BCUT2D eigenvalue weighted by Gasteiger charge is 2.15. The Morgan fingerprint density at radius 2 is 1.42 bits per heavy atom. The molecule has 0 saturated carbocycles. The van der Waals surface area contributed by atoms with Crippen molar-refractivity contribution in [3.63, 3.8) is 0 Å². The highest BCUT2D eigenvalue weighted by molar-refractivity contribution is 5.71. The van der Waals surface area contributed by atoms with Crippen LogP contribution in [-0.2, 0) is 9.53 Å². The summed E-state index contributed by atoms with van der Waals surface area (Å²) in [6, 6.07) is 12.6. The summed E-state index contributed by atoms with van der Waals surface area (Å²) in [5.41, 5.74) is 9.50. The average Bonchev–Trinajstić information content (AvgIpc) is 2.99. The summed E-state index contributed by atoms with van der Waals surface area (Å²) in [5.74, 6) is 4.00. The van der Waals surface area contributed by atoms with Gasteiger partial charge in [-0.3, -0.25) is 0 Å². The maximum atomic E-state index is 12.2. The number of rotatable bonds is 21. The zero-order valence-electron chi connectivity index (χ0n) is 27.8. The fraction of sp³-hybridized carbons (Fsp3) is 0.595. The number of hydrogen-bond donors (Lipinski definition) is 1. The minimum Gasteiger partial charge on any atom is -0.497 e. The summed E-state index contributed by atoms with van der Waals surface area (Å²) in [7, 11) is 3.22. The largest absolute Gasteiger partial charge is 0.497 e. The highest BCUT2D eigenvalue weighted by atomic mass is 16.6. The lowest BCUT2D eigenvalue weighted by molar-refractivity contribution is -0.144. The predicted molar refractivity (Wildman–Crippen MR) is 177 cm³/mol. The van der Waals surface area contributed by atoms with E-state index in [9.17, 15) is 4.79 Å². The average molecular weight is 596 g/mol. The van der Waals surface area contributed by atoms with Crippen molar-refractivity contribution in [2.24, 2.45) is 23.5 Å². The summed E-state index contributed by atoms with van der Waals surface area (Å²) in [4.78, 5) is 12.2. The standard InChI is InChI=1S/C37H57NO5/c1-27(2)11-8-12-28(3)13-9-14-29(4)15-10-16-30(5)23-24-42-36(39)26-43-32-19-17-31(18-20-32)37(38)34-22-21-33(40-6)25-35(34)41-7/h17-23,25,27-29,37H,8-16,24,26,38H2,1-7H3. The topological polar surface area (TPSA) is 80.0 Å². The minimum absolute atomic E-state index is 0.140. The lowest BCUT2D eigenvalue weighted by atomic mass is 9.91. The van der Waals surface area contributed by atoms with Crippen LogP contribution in [0.3, 0.4) is 0 Å². The molecule has 6 heteroatoms. The fourth-order valence-corrected chi connectivity index (χ4v) is 5.30. The molecule has 0 radical (unpaired) electrons. The van der Waals surface area contributed by atoms with Crippen molar-refractivity contribution in [2.45, 2.75) is 98.4 Å². The number of esters is 1. The van der Waals surface area contributed by atoms with Crippen molar-refractivity contribution in [1.29, 1.82) is 0 Å². The maximum absolute atomic E-state index is 12.2. The van der Waals surface area contributed by atoms with E-state index < -0.39 is 0 Å². The van der Waals surface area contributed by atoms with E-state index >= 15 is 0 Å². The van der Waals surface area contributed by atoms with Gasteiger partial charge in [-0.15, -0.1) is 0 Å². The maximum Gasteiger partial charge on any atom is 0.344 e. The summed E-state index contributed by atoms with van der Waals surface area (Å²) < 4.78 is 21.7. The molecule has 0 amide bonds. The van der Waals surface area contributed by atoms with Gasteiger partial charge in [-0.25, -0.2) is 4.79 Å². The smallest absolute Gasteiger partial charge is 0.344 e. The Kier molecular flexibility index (Phi) is 16.9.